The zero-order valence-corrected chi connectivity index (χ0v) is 11.5. The molecule has 0 aliphatic heterocycles. The summed E-state index contributed by atoms with van der Waals surface area (Å²) in [5, 5.41) is 5.82. The molecule has 0 aromatic heterocycles. The van der Waals surface area contributed by atoms with Gasteiger partial charge in [-0.25, -0.2) is 0 Å². The standard InChI is InChI=1S/C13H23F3N2O/c1-9(2)17-7-6-12(19)18-11-5-3-4-10(8-11)13(14,15)16/h9-11,17H,3-8H2,1-2H3,(H,18,19). The van der Waals surface area contributed by atoms with Crippen molar-refractivity contribution in [2.45, 2.75) is 64.2 Å². The van der Waals surface area contributed by atoms with Gasteiger partial charge in [-0.15, -0.1) is 0 Å². The highest BCUT2D eigenvalue weighted by atomic mass is 19.4. The van der Waals surface area contributed by atoms with E-state index in [1.54, 1.807) is 0 Å². The number of rotatable bonds is 5. The third kappa shape index (κ3) is 6.27. The summed E-state index contributed by atoms with van der Waals surface area (Å²) < 4.78 is 37.9. The molecule has 19 heavy (non-hydrogen) atoms. The molecule has 6 heteroatoms. The minimum Gasteiger partial charge on any atom is -0.353 e. The lowest BCUT2D eigenvalue weighted by Gasteiger charge is -2.31. The third-order valence-corrected chi connectivity index (χ3v) is 3.41. The van der Waals surface area contributed by atoms with Gasteiger partial charge in [-0.05, 0) is 19.3 Å². The number of hydrogen-bond donors (Lipinski definition) is 2. The molecule has 0 aromatic rings. The Morgan fingerprint density at radius 3 is 2.58 bits per heavy atom. The summed E-state index contributed by atoms with van der Waals surface area (Å²) in [4.78, 5) is 11.6. The molecule has 3 nitrogen and oxygen atoms in total. The van der Waals surface area contributed by atoms with Gasteiger partial charge in [0, 0.05) is 25.0 Å². The van der Waals surface area contributed by atoms with E-state index >= 15 is 0 Å². The van der Waals surface area contributed by atoms with Crippen molar-refractivity contribution in [3.63, 3.8) is 0 Å². The van der Waals surface area contributed by atoms with Crippen molar-refractivity contribution in [1.29, 1.82) is 0 Å². The summed E-state index contributed by atoms with van der Waals surface area (Å²) in [5.74, 6) is -1.43. The number of amides is 1. The molecule has 0 saturated heterocycles. The Kier molecular flexibility index (Phi) is 6.10. The van der Waals surface area contributed by atoms with Crippen LogP contribution >= 0.6 is 0 Å². The summed E-state index contributed by atoms with van der Waals surface area (Å²) in [5.41, 5.74) is 0. The molecule has 1 rings (SSSR count). The Morgan fingerprint density at radius 1 is 1.32 bits per heavy atom. The van der Waals surface area contributed by atoms with E-state index < -0.39 is 12.1 Å². The summed E-state index contributed by atoms with van der Waals surface area (Å²) in [6.07, 6.45) is -2.44. The van der Waals surface area contributed by atoms with E-state index in [4.69, 9.17) is 0 Å². The fourth-order valence-corrected chi connectivity index (χ4v) is 2.39. The van der Waals surface area contributed by atoms with Crippen molar-refractivity contribution in [1.82, 2.24) is 10.6 Å². The highest BCUT2D eigenvalue weighted by Crippen LogP contribution is 2.37. The molecule has 2 unspecified atom stereocenters. The zero-order valence-electron chi connectivity index (χ0n) is 11.5. The van der Waals surface area contributed by atoms with Gasteiger partial charge in [-0.1, -0.05) is 20.3 Å². The molecule has 0 spiro atoms. The van der Waals surface area contributed by atoms with Gasteiger partial charge in [0.1, 0.15) is 0 Å². The maximum absolute atomic E-state index is 12.6. The van der Waals surface area contributed by atoms with Crippen LogP contribution in [0.3, 0.4) is 0 Å². The van der Waals surface area contributed by atoms with Crippen molar-refractivity contribution in [2.75, 3.05) is 6.54 Å². The highest BCUT2D eigenvalue weighted by Gasteiger charge is 2.42. The first-order valence-electron chi connectivity index (χ1n) is 6.88. The van der Waals surface area contributed by atoms with Crippen molar-refractivity contribution in [2.24, 2.45) is 5.92 Å². The van der Waals surface area contributed by atoms with Crippen molar-refractivity contribution in [3.8, 4) is 0 Å². The number of hydrogen-bond acceptors (Lipinski definition) is 2. The van der Waals surface area contributed by atoms with Crippen LogP contribution < -0.4 is 10.6 Å². The zero-order chi connectivity index (χ0) is 14.5. The number of nitrogens with one attached hydrogen (secondary N) is 2. The monoisotopic (exact) mass is 280 g/mol. The molecule has 0 heterocycles. The molecule has 2 N–H and O–H groups in total. The quantitative estimate of drug-likeness (QED) is 0.813. The fourth-order valence-electron chi connectivity index (χ4n) is 2.39. The van der Waals surface area contributed by atoms with Crippen LogP contribution in [0.25, 0.3) is 0 Å². The fraction of sp³-hybridized carbons (Fsp3) is 0.923. The second kappa shape index (κ2) is 7.12. The van der Waals surface area contributed by atoms with Crippen molar-refractivity contribution >= 4 is 5.91 Å². The lowest BCUT2D eigenvalue weighted by Crippen LogP contribution is -2.42. The van der Waals surface area contributed by atoms with E-state index in [1.807, 2.05) is 13.8 Å². The van der Waals surface area contributed by atoms with Crippen LogP contribution in [0.4, 0.5) is 13.2 Å². The van der Waals surface area contributed by atoms with Crippen LogP contribution in [0.1, 0.15) is 46.0 Å². The lowest BCUT2D eigenvalue weighted by molar-refractivity contribution is -0.184. The predicted molar refractivity (Wildman–Crippen MR) is 67.7 cm³/mol. The first-order chi connectivity index (χ1) is 8.79. The van der Waals surface area contributed by atoms with Gasteiger partial charge in [-0.3, -0.25) is 4.79 Å². The van der Waals surface area contributed by atoms with E-state index in [0.29, 0.717) is 31.8 Å². The number of carbonyl (C=O) groups excluding carboxylic acids is 1. The van der Waals surface area contributed by atoms with Gasteiger partial charge >= 0.3 is 6.18 Å². The molecule has 1 fully saturated rings. The van der Waals surface area contributed by atoms with Gasteiger partial charge in [0.15, 0.2) is 0 Å². The smallest absolute Gasteiger partial charge is 0.353 e. The summed E-state index contributed by atoms with van der Waals surface area (Å²) in [6.45, 7) is 4.51. The molecule has 2 atom stereocenters. The normalized spacial score (nSPS) is 24.5. The van der Waals surface area contributed by atoms with Gasteiger partial charge in [0.2, 0.25) is 5.91 Å². The van der Waals surface area contributed by atoms with Crippen LogP contribution in [0.15, 0.2) is 0 Å². The van der Waals surface area contributed by atoms with Crippen LogP contribution in [-0.4, -0.2) is 30.7 Å². The molecule has 1 aliphatic carbocycles. The molecular formula is C13H23F3N2O. The minimum absolute atomic E-state index is 0.0207. The molecule has 112 valence electrons. The van der Waals surface area contributed by atoms with Crippen molar-refractivity contribution < 1.29 is 18.0 Å². The molecule has 1 aliphatic rings. The summed E-state index contributed by atoms with van der Waals surface area (Å²) in [6, 6.07) is -0.0241. The Balaban J connectivity index is 2.30. The average molecular weight is 280 g/mol. The Hall–Kier alpha value is -0.780. The van der Waals surface area contributed by atoms with Crippen molar-refractivity contribution in [3.05, 3.63) is 0 Å². The predicted octanol–water partition coefficient (Wildman–Crippen LogP) is 2.61. The first-order valence-corrected chi connectivity index (χ1v) is 6.88. The second-order valence-electron chi connectivity index (χ2n) is 5.53. The SMILES string of the molecule is CC(C)NCCC(=O)NC1CCCC(C(F)(F)F)C1. The number of carbonyl (C=O) groups is 1. The van der Waals surface area contributed by atoms with E-state index in [1.165, 1.54) is 0 Å². The van der Waals surface area contributed by atoms with Gasteiger partial charge in [0.25, 0.3) is 0 Å². The van der Waals surface area contributed by atoms with E-state index in [2.05, 4.69) is 10.6 Å². The maximum Gasteiger partial charge on any atom is 0.391 e. The van der Waals surface area contributed by atoms with Gasteiger partial charge in [-0.2, -0.15) is 13.2 Å². The highest BCUT2D eigenvalue weighted by molar-refractivity contribution is 5.76. The maximum atomic E-state index is 12.6. The first kappa shape index (κ1) is 16.3. The van der Waals surface area contributed by atoms with Gasteiger partial charge < -0.3 is 10.6 Å². The van der Waals surface area contributed by atoms with Gasteiger partial charge in [0.05, 0.1) is 5.92 Å². The largest absolute Gasteiger partial charge is 0.391 e. The van der Waals surface area contributed by atoms with Crippen LogP contribution in [-0.2, 0) is 4.79 Å². The second-order valence-corrected chi connectivity index (χ2v) is 5.53. The summed E-state index contributed by atoms with van der Waals surface area (Å²) in [7, 11) is 0. The Morgan fingerprint density at radius 2 is 2.00 bits per heavy atom. The molecule has 0 bridgehead atoms. The molecule has 1 amide bonds. The van der Waals surface area contributed by atoms with Crippen LogP contribution in [0.2, 0.25) is 0 Å². The van der Waals surface area contributed by atoms with Crippen LogP contribution in [0, 0.1) is 5.92 Å². The third-order valence-electron chi connectivity index (χ3n) is 3.41. The van der Waals surface area contributed by atoms with E-state index in [0.717, 1.165) is 0 Å². The molecule has 0 radical (unpaired) electrons. The Labute approximate surface area is 112 Å². The molecule has 0 aromatic carbocycles. The van der Waals surface area contributed by atoms with E-state index in [-0.39, 0.29) is 24.8 Å². The molecular weight excluding hydrogens is 257 g/mol. The number of alkyl halides is 3. The van der Waals surface area contributed by atoms with Crippen LogP contribution in [0.5, 0.6) is 0 Å². The molecule has 1 saturated carbocycles. The minimum atomic E-state index is -4.14. The average Bonchev–Trinajstić information content (AvgIpc) is 2.27. The Bertz CT molecular complexity index is 292. The topological polar surface area (TPSA) is 41.1 Å². The lowest BCUT2D eigenvalue weighted by atomic mass is 9.85. The number of halogens is 3. The summed E-state index contributed by atoms with van der Waals surface area (Å²) >= 11 is 0. The van der Waals surface area contributed by atoms with E-state index in [9.17, 15) is 18.0 Å².